The second kappa shape index (κ2) is 8.97. The van der Waals surface area contributed by atoms with Crippen molar-refractivity contribution in [2.75, 3.05) is 13.1 Å². The van der Waals surface area contributed by atoms with E-state index in [1.807, 2.05) is 18.2 Å². The van der Waals surface area contributed by atoms with Crippen molar-refractivity contribution < 1.29 is 4.79 Å². The number of nitrogens with zero attached hydrogens (tertiary/aromatic N) is 2. The van der Waals surface area contributed by atoms with E-state index in [0.717, 1.165) is 73.4 Å². The van der Waals surface area contributed by atoms with Gasteiger partial charge in [0.2, 0.25) is 0 Å². The van der Waals surface area contributed by atoms with E-state index < -0.39 is 0 Å². The van der Waals surface area contributed by atoms with Crippen LogP contribution in [0.25, 0.3) is 10.9 Å². The summed E-state index contributed by atoms with van der Waals surface area (Å²) in [5.74, 6) is -0.0148. The van der Waals surface area contributed by atoms with Gasteiger partial charge in [-0.3, -0.25) is 14.7 Å². The van der Waals surface area contributed by atoms with Crippen LogP contribution in [-0.2, 0) is 19.4 Å². The van der Waals surface area contributed by atoms with E-state index in [1.54, 1.807) is 0 Å². The van der Waals surface area contributed by atoms with Crippen LogP contribution in [-0.4, -0.2) is 34.9 Å². The van der Waals surface area contributed by atoms with Crippen molar-refractivity contribution in [1.82, 2.24) is 15.2 Å². The van der Waals surface area contributed by atoms with Crippen LogP contribution >= 0.6 is 11.6 Å². The largest absolute Gasteiger partial charge is 0.349 e. The summed E-state index contributed by atoms with van der Waals surface area (Å²) in [5.41, 5.74) is 5.14. The maximum absolute atomic E-state index is 12.9. The standard InChI is InChI=1S/C26H28ClN3O/c27-25-21-8-4-5-9-23(21)29-24-16-19(10-11-22(24)25)26(31)28-20-12-14-30(15-13-20)17-18-6-2-1-3-7-18/h1-3,6-7,10-11,16,20H,4-5,8-9,12-15,17H2,(H,28,31). The molecular weight excluding hydrogens is 406 g/mol. The number of carbonyl (C=O) groups excluding carboxylic acids is 1. The van der Waals surface area contributed by atoms with Gasteiger partial charge in [-0.15, -0.1) is 0 Å². The van der Waals surface area contributed by atoms with Gasteiger partial charge in [0.1, 0.15) is 0 Å². The Hall–Kier alpha value is -2.43. The molecule has 0 unspecified atom stereocenters. The van der Waals surface area contributed by atoms with Crippen LogP contribution in [0.4, 0.5) is 0 Å². The van der Waals surface area contributed by atoms with Crippen LogP contribution < -0.4 is 5.32 Å². The molecule has 160 valence electrons. The first-order chi connectivity index (χ1) is 15.2. The summed E-state index contributed by atoms with van der Waals surface area (Å²) < 4.78 is 0. The molecule has 31 heavy (non-hydrogen) atoms. The van der Waals surface area contributed by atoms with Gasteiger partial charge in [0.15, 0.2) is 0 Å². The van der Waals surface area contributed by atoms with Gasteiger partial charge in [-0.05, 0) is 61.8 Å². The number of aromatic nitrogens is 1. The van der Waals surface area contributed by atoms with Gasteiger partial charge in [0, 0.05) is 42.3 Å². The number of amides is 1. The summed E-state index contributed by atoms with van der Waals surface area (Å²) >= 11 is 6.67. The predicted molar refractivity (Wildman–Crippen MR) is 126 cm³/mol. The summed E-state index contributed by atoms with van der Waals surface area (Å²) in [6, 6.07) is 16.5. The van der Waals surface area contributed by atoms with E-state index in [9.17, 15) is 4.79 Å². The molecule has 1 N–H and O–H groups in total. The number of nitrogens with one attached hydrogen (secondary N) is 1. The number of carbonyl (C=O) groups is 1. The Balaban J connectivity index is 1.23. The molecule has 0 spiro atoms. The van der Waals surface area contributed by atoms with Gasteiger partial charge in [0.25, 0.3) is 5.91 Å². The van der Waals surface area contributed by atoms with E-state index in [4.69, 9.17) is 16.6 Å². The Labute approximate surface area is 188 Å². The number of aryl methyl sites for hydroxylation is 1. The lowest BCUT2D eigenvalue weighted by atomic mass is 9.94. The molecule has 2 aromatic carbocycles. The minimum Gasteiger partial charge on any atom is -0.349 e. The quantitative estimate of drug-likeness (QED) is 0.618. The molecule has 0 atom stereocenters. The zero-order valence-electron chi connectivity index (χ0n) is 17.7. The highest BCUT2D eigenvalue weighted by Crippen LogP contribution is 2.33. The maximum Gasteiger partial charge on any atom is 0.251 e. The third-order valence-electron chi connectivity index (χ3n) is 6.63. The van der Waals surface area contributed by atoms with Gasteiger partial charge in [-0.2, -0.15) is 0 Å². The maximum atomic E-state index is 12.9. The first-order valence-electron chi connectivity index (χ1n) is 11.4. The van der Waals surface area contributed by atoms with Gasteiger partial charge in [0.05, 0.1) is 10.5 Å². The molecule has 1 saturated heterocycles. The fourth-order valence-electron chi connectivity index (χ4n) is 4.85. The van der Waals surface area contributed by atoms with Crippen molar-refractivity contribution in [2.24, 2.45) is 0 Å². The molecule has 0 bridgehead atoms. The van der Waals surface area contributed by atoms with Crippen LogP contribution in [0.15, 0.2) is 48.5 Å². The summed E-state index contributed by atoms with van der Waals surface area (Å²) in [5, 5.41) is 5.00. The van der Waals surface area contributed by atoms with Crippen LogP contribution in [0.2, 0.25) is 5.02 Å². The lowest BCUT2D eigenvalue weighted by molar-refractivity contribution is 0.0909. The third kappa shape index (κ3) is 4.46. The molecule has 4 nitrogen and oxygen atoms in total. The molecule has 2 aliphatic rings. The molecule has 0 saturated carbocycles. The van der Waals surface area contributed by atoms with Gasteiger partial charge in [-0.25, -0.2) is 0 Å². The topological polar surface area (TPSA) is 45.2 Å². The Morgan fingerprint density at radius 1 is 1.06 bits per heavy atom. The molecular formula is C26H28ClN3O. The predicted octanol–water partition coefficient (Wildman–Crippen LogP) is 5.16. The molecule has 5 heteroatoms. The highest BCUT2D eigenvalue weighted by atomic mass is 35.5. The molecule has 0 radical (unpaired) electrons. The van der Waals surface area contributed by atoms with Crippen LogP contribution in [0.3, 0.4) is 0 Å². The van der Waals surface area contributed by atoms with Gasteiger partial charge in [-0.1, -0.05) is 48.0 Å². The molecule has 2 heterocycles. The second-order valence-electron chi connectivity index (χ2n) is 8.80. The fraction of sp³-hybridized carbons (Fsp3) is 0.385. The number of hydrogen-bond donors (Lipinski definition) is 1. The van der Waals surface area contributed by atoms with E-state index in [1.165, 1.54) is 17.5 Å². The number of piperidine rings is 1. The number of rotatable bonds is 4. The van der Waals surface area contributed by atoms with E-state index in [2.05, 4.69) is 40.5 Å². The lowest BCUT2D eigenvalue weighted by Gasteiger charge is -2.32. The van der Waals surface area contributed by atoms with Crippen molar-refractivity contribution in [3.05, 3.63) is 75.9 Å². The van der Waals surface area contributed by atoms with Crippen molar-refractivity contribution in [1.29, 1.82) is 0 Å². The highest BCUT2D eigenvalue weighted by Gasteiger charge is 2.22. The molecule has 3 aromatic rings. The number of pyridine rings is 1. The first-order valence-corrected chi connectivity index (χ1v) is 11.7. The van der Waals surface area contributed by atoms with E-state index in [-0.39, 0.29) is 11.9 Å². The summed E-state index contributed by atoms with van der Waals surface area (Å²) in [6.07, 6.45) is 6.26. The van der Waals surface area contributed by atoms with Crippen LogP contribution in [0, 0.1) is 0 Å². The van der Waals surface area contributed by atoms with Crippen molar-refractivity contribution >= 4 is 28.4 Å². The minimum atomic E-state index is -0.0148. The minimum absolute atomic E-state index is 0.0148. The molecule has 1 amide bonds. The van der Waals surface area contributed by atoms with Gasteiger partial charge < -0.3 is 5.32 Å². The number of likely N-dealkylation sites (tertiary alicyclic amines) is 1. The summed E-state index contributed by atoms with van der Waals surface area (Å²) in [7, 11) is 0. The van der Waals surface area contributed by atoms with Gasteiger partial charge >= 0.3 is 0 Å². The fourth-order valence-corrected chi connectivity index (χ4v) is 5.22. The number of benzene rings is 2. The number of fused-ring (bicyclic) bond motifs is 2. The summed E-state index contributed by atoms with van der Waals surface area (Å²) in [4.78, 5) is 20.2. The second-order valence-corrected chi connectivity index (χ2v) is 9.18. The number of hydrogen-bond acceptors (Lipinski definition) is 3. The van der Waals surface area contributed by atoms with Crippen molar-refractivity contribution in [3.8, 4) is 0 Å². The Kier molecular flexibility index (Phi) is 5.93. The lowest BCUT2D eigenvalue weighted by Crippen LogP contribution is -2.44. The van der Waals surface area contributed by atoms with Crippen molar-refractivity contribution in [2.45, 2.75) is 51.1 Å². The van der Waals surface area contributed by atoms with E-state index >= 15 is 0 Å². The Bertz CT molecular complexity index is 1090. The van der Waals surface area contributed by atoms with Crippen molar-refractivity contribution in [3.63, 3.8) is 0 Å². The number of halogens is 1. The molecule has 1 aliphatic carbocycles. The van der Waals surface area contributed by atoms with E-state index in [0.29, 0.717) is 5.56 Å². The van der Waals surface area contributed by atoms with Crippen LogP contribution in [0.5, 0.6) is 0 Å². The zero-order valence-corrected chi connectivity index (χ0v) is 18.5. The molecule has 5 rings (SSSR count). The Morgan fingerprint density at radius 3 is 2.65 bits per heavy atom. The molecule has 1 aliphatic heterocycles. The molecule has 1 fully saturated rings. The summed E-state index contributed by atoms with van der Waals surface area (Å²) in [6.45, 7) is 2.98. The normalized spacial score (nSPS) is 17.5. The SMILES string of the molecule is O=C(NC1CCN(Cc2ccccc2)CC1)c1ccc2c(Cl)c3c(nc2c1)CCCC3. The zero-order chi connectivity index (χ0) is 21.2. The average molecular weight is 434 g/mol. The third-order valence-corrected chi connectivity index (χ3v) is 7.06. The Morgan fingerprint density at radius 2 is 1.84 bits per heavy atom. The smallest absolute Gasteiger partial charge is 0.251 e. The monoisotopic (exact) mass is 433 g/mol. The molecule has 1 aromatic heterocycles. The van der Waals surface area contributed by atoms with Crippen LogP contribution in [0.1, 0.15) is 52.9 Å². The average Bonchev–Trinajstić information content (AvgIpc) is 2.81. The first kappa shape index (κ1) is 20.5. The highest BCUT2D eigenvalue weighted by molar-refractivity contribution is 6.36.